The summed E-state index contributed by atoms with van der Waals surface area (Å²) in [4.78, 5) is 16.9. The second kappa shape index (κ2) is 8.61. The largest absolute Gasteiger partial charge is 0.482 e. The second-order valence-electron chi connectivity index (χ2n) is 6.61. The predicted molar refractivity (Wildman–Crippen MR) is 108 cm³/mol. The van der Waals surface area contributed by atoms with E-state index in [1.807, 2.05) is 6.92 Å². The molecule has 3 aromatic rings. The molecule has 1 atom stereocenters. The van der Waals surface area contributed by atoms with Gasteiger partial charge in [0.15, 0.2) is 11.6 Å². The highest BCUT2D eigenvalue weighted by molar-refractivity contribution is 5.95. The number of nitrogens with zero attached hydrogens (tertiary/aromatic N) is 4. The molecule has 0 saturated heterocycles. The van der Waals surface area contributed by atoms with Gasteiger partial charge in [-0.1, -0.05) is 0 Å². The first-order valence-electron chi connectivity index (χ1n) is 10.5. The molecule has 1 aromatic carbocycles. The summed E-state index contributed by atoms with van der Waals surface area (Å²) < 4.78 is 42.7. The Bertz CT molecular complexity index is 1240. The maximum Gasteiger partial charge on any atom is 0.252 e. The van der Waals surface area contributed by atoms with Crippen LogP contribution in [0, 0.1) is 24.1 Å². The Balaban J connectivity index is 1.81. The number of hydrogen-bond acceptors (Lipinski definition) is 6. The molecule has 0 aliphatic heterocycles. The third-order valence-electron chi connectivity index (χ3n) is 4.32. The van der Waals surface area contributed by atoms with Crippen LogP contribution in [0.4, 0.5) is 10.2 Å². The van der Waals surface area contributed by atoms with Crippen molar-refractivity contribution in [2.45, 2.75) is 26.5 Å². The Labute approximate surface area is 177 Å². The number of carbonyl (C=O) groups excluding carboxylic acids is 1. The normalized spacial score (nSPS) is 13.5. The van der Waals surface area contributed by atoms with Gasteiger partial charge in [-0.3, -0.25) is 9.48 Å². The van der Waals surface area contributed by atoms with Crippen molar-refractivity contribution in [3.8, 4) is 11.8 Å². The second-order valence-corrected chi connectivity index (χ2v) is 6.61. The molecular weight excluding hydrogens is 387 g/mol. The summed E-state index contributed by atoms with van der Waals surface area (Å²) >= 11 is 0. The lowest BCUT2D eigenvalue weighted by molar-refractivity contribution is 0.0945. The summed E-state index contributed by atoms with van der Waals surface area (Å²) in [7, 11) is 0. The maximum absolute atomic E-state index is 14.0. The van der Waals surface area contributed by atoms with Crippen LogP contribution in [0.25, 0.3) is 0 Å². The van der Waals surface area contributed by atoms with E-state index in [-0.39, 0.29) is 34.9 Å². The predicted octanol–water partition coefficient (Wildman–Crippen LogP) is 2.79. The lowest BCUT2D eigenvalue weighted by Gasteiger charge is -2.19. The molecular formula is C21H21FN6O2. The van der Waals surface area contributed by atoms with Gasteiger partial charge in [0.1, 0.15) is 23.7 Å². The number of benzene rings is 1. The van der Waals surface area contributed by atoms with Crippen LogP contribution in [0.3, 0.4) is 0 Å². The molecule has 0 radical (unpaired) electrons. The maximum atomic E-state index is 14.0. The molecule has 3 rings (SSSR count). The van der Waals surface area contributed by atoms with Crippen LogP contribution in [0.1, 0.15) is 50.0 Å². The van der Waals surface area contributed by atoms with Crippen molar-refractivity contribution in [3.63, 3.8) is 0 Å². The van der Waals surface area contributed by atoms with E-state index in [1.54, 1.807) is 25.3 Å². The fourth-order valence-corrected chi connectivity index (χ4v) is 2.84. The van der Waals surface area contributed by atoms with Gasteiger partial charge in [-0.2, -0.15) is 10.4 Å². The molecule has 2 aromatic heterocycles. The standard InChI is InChI=1S/C21H21FN6O2/c1-12-6-19(20(24)25-10-12)30-13(2)18-7-14(22)4-5-17(18)21(29)26-11-15-8-16(9-23)28(3)27-15/h4-8,10,13H,11H2,1-3H3,(H2,24,25)(H,26,29)/t13-/m1/s1/i3D3. The van der Waals surface area contributed by atoms with Gasteiger partial charge in [0.2, 0.25) is 0 Å². The zero-order valence-corrected chi connectivity index (χ0v) is 16.3. The number of hydrogen-bond donors (Lipinski definition) is 2. The molecule has 0 bridgehead atoms. The van der Waals surface area contributed by atoms with E-state index in [0.29, 0.717) is 10.4 Å². The number of aryl methyl sites for hydroxylation is 2. The zero-order chi connectivity index (χ0) is 24.3. The molecule has 8 nitrogen and oxygen atoms in total. The topological polar surface area (TPSA) is 119 Å². The van der Waals surface area contributed by atoms with Crippen molar-refractivity contribution in [1.29, 1.82) is 5.26 Å². The molecule has 2 heterocycles. The van der Waals surface area contributed by atoms with Crippen molar-refractivity contribution in [1.82, 2.24) is 20.1 Å². The molecule has 0 aliphatic rings. The van der Waals surface area contributed by atoms with E-state index in [9.17, 15) is 9.18 Å². The number of nitrogens with one attached hydrogen (secondary N) is 1. The number of pyridine rings is 1. The van der Waals surface area contributed by atoms with Gasteiger partial charge >= 0.3 is 0 Å². The highest BCUT2D eigenvalue weighted by Gasteiger charge is 2.20. The number of anilines is 1. The van der Waals surface area contributed by atoms with Gasteiger partial charge in [0.25, 0.3) is 5.91 Å². The number of nitrogen functional groups attached to an aromatic ring is 1. The number of aromatic nitrogens is 3. The SMILES string of the molecule is [2H]C([2H])([2H])n1nc(CNC(=O)c2ccc(F)cc2[C@@H](C)Oc2cc(C)cnc2N)cc1C#N. The third kappa shape index (κ3) is 4.55. The van der Waals surface area contributed by atoms with E-state index in [0.717, 1.165) is 11.6 Å². The summed E-state index contributed by atoms with van der Waals surface area (Å²) in [5.74, 6) is -0.648. The number of ether oxygens (including phenoxy) is 1. The summed E-state index contributed by atoms with van der Waals surface area (Å²) in [6, 6.07) is 8.37. The van der Waals surface area contributed by atoms with Crippen LogP contribution in [-0.4, -0.2) is 20.7 Å². The van der Waals surface area contributed by atoms with Crippen molar-refractivity contribution in [2.75, 3.05) is 5.73 Å². The minimum atomic E-state index is -2.63. The summed E-state index contributed by atoms with van der Waals surface area (Å²) in [6.45, 7) is 0.689. The van der Waals surface area contributed by atoms with Gasteiger partial charge in [0, 0.05) is 28.4 Å². The first-order valence-corrected chi connectivity index (χ1v) is 8.95. The summed E-state index contributed by atoms with van der Waals surface area (Å²) in [5.41, 5.74) is 7.12. The van der Waals surface area contributed by atoms with Crippen LogP contribution < -0.4 is 15.8 Å². The number of nitriles is 1. The van der Waals surface area contributed by atoms with Gasteiger partial charge < -0.3 is 15.8 Å². The fourth-order valence-electron chi connectivity index (χ4n) is 2.84. The van der Waals surface area contributed by atoms with Crippen LogP contribution >= 0.6 is 0 Å². The molecule has 3 N–H and O–H groups in total. The lowest BCUT2D eigenvalue weighted by Crippen LogP contribution is -2.25. The van der Waals surface area contributed by atoms with Gasteiger partial charge in [-0.05, 0) is 49.7 Å². The fraction of sp³-hybridized carbons (Fsp3) is 0.238. The molecule has 0 saturated carbocycles. The van der Waals surface area contributed by atoms with E-state index >= 15 is 0 Å². The smallest absolute Gasteiger partial charge is 0.252 e. The van der Waals surface area contributed by atoms with Gasteiger partial charge in [-0.25, -0.2) is 9.37 Å². The first kappa shape index (κ1) is 17.0. The van der Waals surface area contributed by atoms with Crippen LogP contribution in [0.2, 0.25) is 0 Å². The Hall–Kier alpha value is -3.93. The quantitative estimate of drug-likeness (QED) is 0.644. The molecule has 0 spiro atoms. The van der Waals surface area contributed by atoms with Crippen molar-refractivity contribution >= 4 is 11.7 Å². The van der Waals surface area contributed by atoms with Gasteiger partial charge in [-0.15, -0.1) is 0 Å². The van der Waals surface area contributed by atoms with E-state index in [4.69, 9.17) is 19.8 Å². The number of carbonyl (C=O) groups is 1. The monoisotopic (exact) mass is 411 g/mol. The van der Waals surface area contributed by atoms with E-state index in [1.165, 1.54) is 18.2 Å². The Morgan fingerprint density at radius 1 is 1.47 bits per heavy atom. The highest BCUT2D eigenvalue weighted by Crippen LogP contribution is 2.28. The minimum Gasteiger partial charge on any atom is -0.482 e. The molecule has 9 heteroatoms. The summed E-state index contributed by atoms with van der Waals surface area (Å²) in [6.07, 6.45) is 0.839. The molecule has 0 unspecified atom stereocenters. The summed E-state index contributed by atoms with van der Waals surface area (Å²) in [5, 5.41) is 15.6. The highest BCUT2D eigenvalue weighted by atomic mass is 19.1. The van der Waals surface area contributed by atoms with Crippen LogP contribution in [0.5, 0.6) is 5.75 Å². The van der Waals surface area contributed by atoms with E-state index < -0.39 is 24.8 Å². The molecule has 30 heavy (non-hydrogen) atoms. The Morgan fingerprint density at radius 3 is 2.97 bits per heavy atom. The Morgan fingerprint density at radius 2 is 2.27 bits per heavy atom. The van der Waals surface area contributed by atoms with Crippen LogP contribution in [-0.2, 0) is 13.5 Å². The third-order valence-corrected chi connectivity index (χ3v) is 4.32. The molecule has 0 aliphatic carbocycles. The lowest BCUT2D eigenvalue weighted by atomic mass is 10.0. The molecule has 1 amide bonds. The number of nitrogens with two attached hydrogens (primary N) is 1. The number of amides is 1. The Kier molecular flexibility index (Phi) is 4.87. The minimum absolute atomic E-state index is 0.141. The van der Waals surface area contributed by atoms with Crippen molar-refractivity contribution in [2.24, 2.45) is 6.98 Å². The average molecular weight is 411 g/mol. The van der Waals surface area contributed by atoms with Crippen LogP contribution in [0.15, 0.2) is 36.5 Å². The average Bonchev–Trinajstić information content (AvgIpc) is 3.18. The number of rotatable bonds is 6. The van der Waals surface area contributed by atoms with Crippen molar-refractivity contribution < 1.29 is 18.0 Å². The number of halogens is 1. The molecule has 154 valence electrons. The van der Waals surface area contributed by atoms with Gasteiger partial charge in [0.05, 0.1) is 12.2 Å². The zero-order valence-electron chi connectivity index (χ0n) is 19.3. The van der Waals surface area contributed by atoms with Crippen molar-refractivity contribution in [3.05, 3.63) is 70.4 Å². The first-order chi connectivity index (χ1) is 15.5. The molecule has 0 fully saturated rings. The van der Waals surface area contributed by atoms with E-state index in [2.05, 4.69) is 15.4 Å².